The molecule has 1 aromatic heterocycles. The number of rotatable bonds is 5. The maximum absolute atomic E-state index is 14.1. The van der Waals surface area contributed by atoms with Crippen LogP contribution in [0.2, 0.25) is 0 Å². The van der Waals surface area contributed by atoms with E-state index >= 15 is 0 Å². The Morgan fingerprint density at radius 3 is 2.74 bits per heavy atom. The zero-order valence-corrected chi connectivity index (χ0v) is 15.6. The Labute approximate surface area is 162 Å². The van der Waals surface area contributed by atoms with Gasteiger partial charge in [0.15, 0.2) is 0 Å². The van der Waals surface area contributed by atoms with Crippen LogP contribution in [0, 0.1) is 5.82 Å². The smallest absolute Gasteiger partial charge is 0.148 e. The van der Waals surface area contributed by atoms with Gasteiger partial charge in [0.25, 0.3) is 0 Å². The van der Waals surface area contributed by atoms with Crippen molar-refractivity contribution in [3.05, 3.63) is 83.9 Å². The summed E-state index contributed by atoms with van der Waals surface area (Å²) in [7, 11) is 0. The standard InChI is InChI=1S/C21H20FN3OS/c22-18-9-5-4-8-17(18)19-14-25(10-11-26-19)20-12-23-13-21(24-20)27-15-16-6-2-1-3-7-16/h1-9,12-13,19H,10-11,14-15H2. The Morgan fingerprint density at radius 2 is 1.89 bits per heavy atom. The SMILES string of the molecule is Fc1ccccc1C1CN(c2cncc(SCc3ccccc3)n2)CCO1. The second-order valence-corrected chi connectivity index (χ2v) is 7.31. The van der Waals surface area contributed by atoms with Crippen molar-refractivity contribution in [1.82, 2.24) is 9.97 Å². The molecule has 1 aliphatic heterocycles. The van der Waals surface area contributed by atoms with Gasteiger partial charge >= 0.3 is 0 Å². The van der Waals surface area contributed by atoms with Crippen molar-refractivity contribution in [2.24, 2.45) is 0 Å². The van der Waals surface area contributed by atoms with Crippen LogP contribution >= 0.6 is 11.8 Å². The van der Waals surface area contributed by atoms with Crippen LogP contribution in [-0.4, -0.2) is 29.7 Å². The number of ether oxygens (including phenoxy) is 1. The molecule has 0 N–H and O–H groups in total. The molecule has 27 heavy (non-hydrogen) atoms. The van der Waals surface area contributed by atoms with Crippen LogP contribution in [0.15, 0.2) is 72.0 Å². The number of halogens is 1. The molecule has 2 aromatic carbocycles. The summed E-state index contributed by atoms with van der Waals surface area (Å²) in [6.45, 7) is 1.80. The largest absolute Gasteiger partial charge is 0.370 e. The lowest BCUT2D eigenvalue weighted by Crippen LogP contribution is -2.39. The number of benzene rings is 2. The lowest BCUT2D eigenvalue weighted by molar-refractivity contribution is 0.0372. The Balaban J connectivity index is 1.46. The quantitative estimate of drug-likeness (QED) is 0.609. The lowest BCUT2D eigenvalue weighted by atomic mass is 10.1. The summed E-state index contributed by atoms with van der Waals surface area (Å²) < 4.78 is 19.9. The maximum Gasteiger partial charge on any atom is 0.148 e. The van der Waals surface area contributed by atoms with Crippen molar-refractivity contribution in [2.45, 2.75) is 16.9 Å². The first-order chi connectivity index (χ1) is 13.3. The van der Waals surface area contributed by atoms with Gasteiger partial charge in [-0.2, -0.15) is 0 Å². The fourth-order valence-corrected chi connectivity index (χ4v) is 3.87. The summed E-state index contributed by atoms with van der Waals surface area (Å²) in [5, 5.41) is 0.880. The molecule has 6 heteroatoms. The third-order valence-corrected chi connectivity index (χ3v) is 5.44. The van der Waals surface area contributed by atoms with E-state index in [0.29, 0.717) is 25.3 Å². The van der Waals surface area contributed by atoms with Crippen molar-refractivity contribution in [3.63, 3.8) is 0 Å². The molecule has 1 saturated heterocycles. The van der Waals surface area contributed by atoms with Crippen molar-refractivity contribution < 1.29 is 9.13 Å². The Bertz CT molecular complexity index is 893. The molecule has 0 saturated carbocycles. The molecule has 1 unspecified atom stereocenters. The van der Waals surface area contributed by atoms with E-state index in [-0.39, 0.29) is 11.9 Å². The number of morpholine rings is 1. The zero-order chi connectivity index (χ0) is 18.5. The highest BCUT2D eigenvalue weighted by Crippen LogP contribution is 2.28. The van der Waals surface area contributed by atoms with Crippen molar-refractivity contribution in [3.8, 4) is 0 Å². The molecular weight excluding hydrogens is 361 g/mol. The second kappa shape index (κ2) is 8.50. The van der Waals surface area contributed by atoms with Gasteiger partial charge in [0.05, 0.1) is 25.5 Å². The van der Waals surface area contributed by atoms with E-state index in [1.54, 1.807) is 36.3 Å². The molecule has 1 aliphatic rings. The van der Waals surface area contributed by atoms with E-state index in [2.05, 4.69) is 22.0 Å². The van der Waals surface area contributed by atoms with Crippen LogP contribution in [0.4, 0.5) is 10.2 Å². The van der Waals surface area contributed by atoms with E-state index in [9.17, 15) is 4.39 Å². The van der Waals surface area contributed by atoms with Gasteiger partial charge in [-0.15, -0.1) is 11.8 Å². The molecule has 0 amide bonds. The minimum atomic E-state index is -0.303. The molecular formula is C21H20FN3OS. The molecule has 4 nitrogen and oxygen atoms in total. The Morgan fingerprint density at radius 1 is 1.07 bits per heavy atom. The van der Waals surface area contributed by atoms with Gasteiger partial charge in [-0.25, -0.2) is 9.37 Å². The van der Waals surface area contributed by atoms with E-state index in [0.717, 1.165) is 16.6 Å². The Kier molecular flexibility index (Phi) is 5.65. The van der Waals surface area contributed by atoms with Crippen LogP contribution < -0.4 is 4.90 Å². The fraction of sp³-hybridized carbons (Fsp3) is 0.238. The van der Waals surface area contributed by atoms with Gasteiger partial charge in [0.1, 0.15) is 22.8 Å². The van der Waals surface area contributed by atoms with Crippen LogP contribution in [0.5, 0.6) is 0 Å². The highest BCUT2D eigenvalue weighted by molar-refractivity contribution is 7.98. The molecule has 0 spiro atoms. The molecule has 2 heterocycles. The predicted octanol–water partition coefficient (Wildman–Crippen LogP) is 4.49. The van der Waals surface area contributed by atoms with Gasteiger partial charge < -0.3 is 9.64 Å². The van der Waals surface area contributed by atoms with Crippen LogP contribution in [0.25, 0.3) is 0 Å². The van der Waals surface area contributed by atoms with Gasteiger partial charge in [0.2, 0.25) is 0 Å². The van der Waals surface area contributed by atoms with Crippen LogP contribution in [0.3, 0.4) is 0 Å². The highest BCUT2D eigenvalue weighted by atomic mass is 32.2. The summed E-state index contributed by atoms with van der Waals surface area (Å²) in [5.74, 6) is 1.42. The monoisotopic (exact) mass is 381 g/mol. The molecule has 0 aliphatic carbocycles. The first-order valence-corrected chi connectivity index (χ1v) is 9.88. The normalized spacial score (nSPS) is 17.1. The third kappa shape index (κ3) is 4.46. The number of hydrogen-bond donors (Lipinski definition) is 0. The summed E-state index contributed by atoms with van der Waals surface area (Å²) in [4.78, 5) is 11.2. The van der Waals surface area contributed by atoms with Gasteiger partial charge in [-0.1, -0.05) is 48.5 Å². The minimum Gasteiger partial charge on any atom is -0.370 e. The number of anilines is 1. The van der Waals surface area contributed by atoms with E-state index < -0.39 is 0 Å². The Hall–Kier alpha value is -2.44. The third-order valence-electron chi connectivity index (χ3n) is 4.47. The van der Waals surface area contributed by atoms with Crippen molar-refractivity contribution in [1.29, 1.82) is 0 Å². The number of thioether (sulfide) groups is 1. The van der Waals surface area contributed by atoms with Crippen LogP contribution in [0.1, 0.15) is 17.2 Å². The summed E-state index contributed by atoms with van der Waals surface area (Å²) in [6, 6.07) is 17.1. The highest BCUT2D eigenvalue weighted by Gasteiger charge is 2.25. The summed E-state index contributed by atoms with van der Waals surface area (Å²) in [5.41, 5.74) is 1.84. The van der Waals surface area contributed by atoms with Gasteiger partial charge in [-0.05, 0) is 11.6 Å². The van der Waals surface area contributed by atoms with E-state index in [1.807, 2.05) is 24.3 Å². The number of nitrogens with zero attached hydrogens (tertiary/aromatic N) is 3. The first kappa shape index (κ1) is 17.9. The first-order valence-electron chi connectivity index (χ1n) is 8.89. The molecule has 1 fully saturated rings. The predicted molar refractivity (Wildman–Crippen MR) is 105 cm³/mol. The topological polar surface area (TPSA) is 38.2 Å². The summed E-state index contributed by atoms with van der Waals surface area (Å²) >= 11 is 1.66. The molecule has 3 aromatic rings. The molecule has 0 radical (unpaired) electrons. The average molecular weight is 381 g/mol. The minimum absolute atomic E-state index is 0.234. The zero-order valence-electron chi connectivity index (χ0n) is 14.8. The molecule has 138 valence electrons. The fourth-order valence-electron chi connectivity index (χ4n) is 3.07. The molecule has 1 atom stereocenters. The molecule has 0 bridgehead atoms. The van der Waals surface area contributed by atoms with Crippen LogP contribution in [-0.2, 0) is 10.5 Å². The van der Waals surface area contributed by atoms with E-state index in [4.69, 9.17) is 9.72 Å². The molecule has 4 rings (SSSR count). The van der Waals surface area contributed by atoms with Crippen molar-refractivity contribution >= 4 is 17.6 Å². The van der Waals surface area contributed by atoms with E-state index in [1.165, 1.54) is 11.6 Å². The lowest BCUT2D eigenvalue weighted by Gasteiger charge is -2.34. The van der Waals surface area contributed by atoms with Crippen molar-refractivity contribution in [2.75, 3.05) is 24.6 Å². The second-order valence-electron chi connectivity index (χ2n) is 6.32. The van der Waals surface area contributed by atoms with Gasteiger partial charge in [-0.3, -0.25) is 4.98 Å². The van der Waals surface area contributed by atoms with Gasteiger partial charge in [0, 0.05) is 17.9 Å². The average Bonchev–Trinajstić information content (AvgIpc) is 2.74. The maximum atomic E-state index is 14.1. The summed E-state index contributed by atoms with van der Waals surface area (Å²) in [6.07, 6.45) is 3.24. The number of aromatic nitrogens is 2. The number of hydrogen-bond acceptors (Lipinski definition) is 5.